The Kier molecular flexibility index (Phi) is 4.69. The van der Waals surface area contributed by atoms with Crippen molar-refractivity contribution in [3.63, 3.8) is 0 Å². The maximum Gasteiger partial charge on any atom is 0.225 e. The highest BCUT2D eigenvalue weighted by molar-refractivity contribution is 7.91. The lowest BCUT2D eigenvalue weighted by Gasteiger charge is -2.27. The van der Waals surface area contributed by atoms with Crippen molar-refractivity contribution < 1.29 is 17.9 Å². The number of ether oxygens (including phenoxy) is 1. The van der Waals surface area contributed by atoms with Crippen molar-refractivity contribution in [1.82, 2.24) is 4.90 Å². The van der Waals surface area contributed by atoms with Crippen LogP contribution >= 0.6 is 0 Å². The van der Waals surface area contributed by atoms with Crippen LogP contribution in [0.15, 0.2) is 0 Å². The minimum absolute atomic E-state index is 0.0546. The van der Waals surface area contributed by atoms with E-state index in [1.54, 1.807) is 4.90 Å². The molecule has 0 radical (unpaired) electrons. The molecule has 0 aromatic rings. The van der Waals surface area contributed by atoms with Crippen LogP contribution in [0.4, 0.5) is 0 Å². The molecule has 2 N–H and O–H groups in total. The summed E-state index contributed by atoms with van der Waals surface area (Å²) in [6.07, 6.45) is -0.0708. The molecule has 6 nitrogen and oxygen atoms in total. The summed E-state index contributed by atoms with van der Waals surface area (Å²) < 4.78 is 27.4. The number of carbonyl (C=O) groups excluding carboxylic acids is 1. The first-order valence-electron chi connectivity index (χ1n) is 5.19. The molecule has 7 heteroatoms. The summed E-state index contributed by atoms with van der Waals surface area (Å²) in [5, 5.41) is 0. The number of methoxy groups -OCH3 is 1. The fourth-order valence-electron chi connectivity index (χ4n) is 1.55. The van der Waals surface area contributed by atoms with Crippen LogP contribution in [0.2, 0.25) is 0 Å². The Hall–Kier alpha value is -0.660. The number of nitrogens with two attached hydrogens (primary N) is 1. The van der Waals surface area contributed by atoms with Gasteiger partial charge in [-0.05, 0) is 0 Å². The topological polar surface area (TPSA) is 89.7 Å². The molecule has 0 spiro atoms. The van der Waals surface area contributed by atoms with Gasteiger partial charge in [0.15, 0.2) is 9.84 Å². The molecule has 1 heterocycles. The Morgan fingerprint density at radius 3 is 2.44 bits per heavy atom. The van der Waals surface area contributed by atoms with Crippen molar-refractivity contribution in [2.45, 2.75) is 12.5 Å². The first kappa shape index (κ1) is 13.4. The average Bonchev–Trinajstić information content (AvgIpc) is 2.25. The third-order valence-electron chi connectivity index (χ3n) is 2.70. The number of amides is 1. The molecule has 0 bridgehead atoms. The zero-order valence-electron chi connectivity index (χ0n) is 9.39. The van der Waals surface area contributed by atoms with Crippen LogP contribution in [0, 0.1) is 0 Å². The highest BCUT2D eigenvalue weighted by atomic mass is 32.2. The zero-order chi connectivity index (χ0) is 12.2. The fourth-order valence-corrected chi connectivity index (χ4v) is 2.75. The van der Waals surface area contributed by atoms with E-state index >= 15 is 0 Å². The van der Waals surface area contributed by atoms with Crippen LogP contribution in [0.1, 0.15) is 6.42 Å². The van der Waals surface area contributed by atoms with Gasteiger partial charge in [-0.25, -0.2) is 8.42 Å². The summed E-state index contributed by atoms with van der Waals surface area (Å²) in [5.41, 5.74) is 5.41. The molecule has 1 unspecified atom stereocenters. The Balaban J connectivity index is 2.44. The number of rotatable bonds is 4. The van der Waals surface area contributed by atoms with Gasteiger partial charge in [0.05, 0.1) is 24.0 Å². The SMILES string of the molecule is COC(CN)CC(=O)N1CCS(=O)(=O)CC1. The molecule has 1 amide bonds. The molecular weight excluding hydrogens is 232 g/mol. The summed E-state index contributed by atoms with van der Waals surface area (Å²) in [6, 6.07) is 0. The van der Waals surface area contributed by atoms with Crippen LogP contribution in [-0.4, -0.2) is 63.6 Å². The second-order valence-electron chi connectivity index (χ2n) is 3.83. The molecule has 16 heavy (non-hydrogen) atoms. The smallest absolute Gasteiger partial charge is 0.225 e. The summed E-state index contributed by atoms with van der Waals surface area (Å²) in [5.74, 6) is 0.0186. The van der Waals surface area contributed by atoms with E-state index in [0.717, 1.165) is 0 Å². The van der Waals surface area contributed by atoms with Crippen molar-refractivity contribution in [3.05, 3.63) is 0 Å². The van der Waals surface area contributed by atoms with Crippen LogP contribution in [0.25, 0.3) is 0 Å². The van der Waals surface area contributed by atoms with Crippen molar-refractivity contribution in [3.8, 4) is 0 Å². The van der Waals surface area contributed by atoms with Gasteiger partial charge in [0, 0.05) is 26.7 Å². The third kappa shape index (κ3) is 3.73. The van der Waals surface area contributed by atoms with Crippen molar-refractivity contribution >= 4 is 15.7 Å². The minimum atomic E-state index is -2.94. The lowest BCUT2D eigenvalue weighted by Crippen LogP contribution is -2.45. The molecular formula is C9H18N2O4S. The second kappa shape index (κ2) is 5.60. The molecule has 0 aromatic carbocycles. The maximum atomic E-state index is 11.7. The van der Waals surface area contributed by atoms with E-state index in [2.05, 4.69) is 0 Å². The molecule has 0 saturated carbocycles. The van der Waals surface area contributed by atoms with Gasteiger partial charge in [0.2, 0.25) is 5.91 Å². The van der Waals surface area contributed by atoms with E-state index in [1.807, 2.05) is 0 Å². The maximum absolute atomic E-state index is 11.7. The first-order chi connectivity index (χ1) is 7.48. The van der Waals surface area contributed by atoms with Crippen molar-refractivity contribution in [2.75, 3.05) is 38.2 Å². The summed E-state index contributed by atoms with van der Waals surface area (Å²) >= 11 is 0. The molecule has 1 atom stereocenters. The minimum Gasteiger partial charge on any atom is -0.380 e. The lowest BCUT2D eigenvalue weighted by molar-refractivity contribution is -0.133. The molecule has 1 fully saturated rings. The Bertz CT molecular complexity index is 323. The molecule has 1 aliphatic rings. The van der Waals surface area contributed by atoms with Crippen LogP contribution in [0.3, 0.4) is 0 Å². The Morgan fingerprint density at radius 2 is 2.00 bits per heavy atom. The van der Waals surface area contributed by atoms with Crippen LogP contribution < -0.4 is 5.73 Å². The van der Waals surface area contributed by atoms with Gasteiger partial charge in [0.25, 0.3) is 0 Å². The van der Waals surface area contributed by atoms with Gasteiger partial charge in [-0.15, -0.1) is 0 Å². The molecule has 0 aromatic heterocycles. The van der Waals surface area contributed by atoms with Crippen molar-refractivity contribution in [2.24, 2.45) is 5.73 Å². The molecule has 0 aliphatic carbocycles. The number of sulfone groups is 1. The van der Waals surface area contributed by atoms with E-state index in [-0.39, 0.29) is 49.6 Å². The number of carbonyl (C=O) groups is 1. The Labute approximate surface area is 95.7 Å². The predicted octanol–water partition coefficient (Wildman–Crippen LogP) is -1.39. The van der Waals surface area contributed by atoms with Gasteiger partial charge < -0.3 is 15.4 Å². The van der Waals surface area contributed by atoms with Crippen LogP contribution in [-0.2, 0) is 19.4 Å². The average molecular weight is 250 g/mol. The zero-order valence-corrected chi connectivity index (χ0v) is 10.2. The Morgan fingerprint density at radius 1 is 1.44 bits per heavy atom. The number of hydrogen-bond donors (Lipinski definition) is 1. The largest absolute Gasteiger partial charge is 0.380 e. The van der Waals surface area contributed by atoms with E-state index in [4.69, 9.17) is 10.5 Å². The van der Waals surface area contributed by atoms with Crippen LogP contribution in [0.5, 0.6) is 0 Å². The summed E-state index contributed by atoms with van der Waals surface area (Å²) in [7, 11) is -1.43. The molecule has 1 aliphatic heterocycles. The number of nitrogens with zero attached hydrogens (tertiary/aromatic N) is 1. The summed E-state index contributed by atoms with van der Waals surface area (Å²) in [6.45, 7) is 0.846. The normalized spacial score (nSPS) is 21.8. The van der Waals surface area contributed by atoms with E-state index in [1.165, 1.54) is 7.11 Å². The third-order valence-corrected chi connectivity index (χ3v) is 4.30. The van der Waals surface area contributed by atoms with E-state index < -0.39 is 9.84 Å². The highest BCUT2D eigenvalue weighted by Gasteiger charge is 2.26. The van der Waals surface area contributed by atoms with Crippen molar-refractivity contribution in [1.29, 1.82) is 0 Å². The fraction of sp³-hybridized carbons (Fsp3) is 0.889. The predicted molar refractivity (Wildman–Crippen MR) is 59.7 cm³/mol. The van der Waals surface area contributed by atoms with Gasteiger partial charge in [0.1, 0.15) is 0 Å². The number of hydrogen-bond acceptors (Lipinski definition) is 5. The highest BCUT2D eigenvalue weighted by Crippen LogP contribution is 2.07. The van der Waals surface area contributed by atoms with E-state index in [9.17, 15) is 13.2 Å². The molecule has 94 valence electrons. The van der Waals surface area contributed by atoms with Gasteiger partial charge in [-0.3, -0.25) is 4.79 Å². The van der Waals surface area contributed by atoms with Gasteiger partial charge in [-0.2, -0.15) is 0 Å². The lowest BCUT2D eigenvalue weighted by atomic mass is 10.2. The molecule has 1 rings (SSSR count). The monoisotopic (exact) mass is 250 g/mol. The van der Waals surface area contributed by atoms with Gasteiger partial charge in [-0.1, -0.05) is 0 Å². The first-order valence-corrected chi connectivity index (χ1v) is 7.01. The second-order valence-corrected chi connectivity index (χ2v) is 6.13. The standard InChI is InChI=1S/C9H18N2O4S/c1-15-8(7-10)6-9(12)11-2-4-16(13,14)5-3-11/h8H,2-7,10H2,1H3. The molecule has 1 saturated heterocycles. The quantitative estimate of drug-likeness (QED) is 0.663. The van der Waals surface area contributed by atoms with Gasteiger partial charge >= 0.3 is 0 Å². The van der Waals surface area contributed by atoms with E-state index in [0.29, 0.717) is 0 Å². The summed E-state index contributed by atoms with van der Waals surface area (Å²) in [4.78, 5) is 13.3.